The number of hydrogen-bond acceptors (Lipinski definition) is 0. The summed E-state index contributed by atoms with van der Waals surface area (Å²) in [4.78, 5) is 0. The van der Waals surface area contributed by atoms with Gasteiger partial charge in [0.15, 0.2) is 0 Å². The summed E-state index contributed by atoms with van der Waals surface area (Å²) in [6.07, 6.45) is 11.3. The lowest BCUT2D eigenvalue weighted by Gasteiger charge is -2.44. The molecule has 0 unspecified atom stereocenters. The summed E-state index contributed by atoms with van der Waals surface area (Å²) < 4.78 is -0.655. The Morgan fingerprint density at radius 2 is 0.733 bits per heavy atom. The average Bonchev–Trinajstić information content (AvgIpc) is 2.73. The van der Waals surface area contributed by atoms with Crippen LogP contribution in [0.25, 0.3) is 11.1 Å². The summed E-state index contributed by atoms with van der Waals surface area (Å²) in [5.74, 6) is 0. The molecule has 2 aromatic carbocycles. The minimum atomic E-state index is -0.292. The molecule has 0 atom stereocenters. The molecule has 0 heterocycles. The van der Waals surface area contributed by atoms with E-state index in [-0.39, 0.29) is 9.70 Å². The molecule has 6 heteroatoms. The molecule has 30 heavy (non-hydrogen) atoms. The quantitative estimate of drug-likeness (QED) is 0.252. The molecule has 0 aromatic heterocycles. The van der Waals surface area contributed by atoms with Gasteiger partial charge in [-0.15, -0.1) is 0 Å². The Labute approximate surface area is 232 Å². The third kappa shape index (κ3) is 8.27. The minimum absolute atomic E-state index is 0.181. The molecule has 3 rings (SSSR count). The first-order valence-corrected chi connectivity index (χ1v) is 15.2. The summed E-state index contributed by atoms with van der Waals surface area (Å²) in [6, 6.07) is 20.8. The average molecular weight is 796 g/mol. The zero-order chi connectivity index (χ0) is 22.1. The van der Waals surface area contributed by atoms with Crippen molar-refractivity contribution in [2.45, 2.75) is 67.5 Å². The van der Waals surface area contributed by atoms with E-state index in [1.807, 2.05) is 12.1 Å². The molecule has 0 spiro atoms. The lowest BCUT2D eigenvalue weighted by Crippen LogP contribution is -2.47. The first-order valence-electron chi connectivity index (χ1n) is 10.4. The topological polar surface area (TPSA) is 0 Å². The minimum Gasteiger partial charge on any atom is -0.0701 e. The predicted molar refractivity (Wildman–Crippen MR) is 155 cm³/mol. The zero-order valence-corrected chi connectivity index (χ0v) is 26.4. The number of hydrogen-bond donors (Lipinski definition) is 0. The zero-order valence-electron chi connectivity index (χ0n) is 16.9. The van der Waals surface area contributed by atoms with Crippen LogP contribution in [-0.2, 0) is 0 Å². The maximum atomic E-state index is 3.85. The summed E-state index contributed by atoms with van der Waals surface area (Å²) in [5.41, 5.74) is 2.55. The highest BCUT2D eigenvalue weighted by Gasteiger charge is 2.56. The number of rotatable bonds is 1. The molecule has 1 aliphatic rings. The molecule has 0 aliphatic heterocycles. The van der Waals surface area contributed by atoms with Gasteiger partial charge in [0.2, 0.25) is 0 Å². The maximum Gasteiger partial charge on any atom is 0.130 e. The van der Waals surface area contributed by atoms with Gasteiger partial charge in [0.05, 0.1) is 0 Å². The van der Waals surface area contributed by atoms with Gasteiger partial charge in [-0.3, -0.25) is 0 Å². The number of halogens is 6. The van der Waals surface area contributed by atoms with Crippen LogP contribution >= 0.6 is 95.6 Å². The summed E-state index contributed by atoms with van der Waals surface area (Å²) >= 11 is 23.1. The van der Waals surface area contributed by atoms with E-state index in [1.54, 1.807) is 0 Å². The highest BCUT2D eigenvalue weighted by Crippen LogP contribution is 2.63. The second-order valence-electron chi connectivity index (χ2n) is 7.69. The molecule has 0 bridgehead atoms. The molecule has 0 amide bonds. The van der Waals surface area contributed by atoms with Crippen molar-refractivity contribution < 1.29 is 0 Å². The van der Waals surface area contributed by atoms with Gasteiger partial charge >= 0.3 is 0 Å². The van der Waals surface area contributed by atoms with Gasteiger partial charge in [0.25, 0.3) is 0 Å². The normalized spacial score (nSPS) is 21.3. The first kappa shape index (κ1) is 27.6. The summed E-state index contributed by atoms with van der Waals surface area (Å²) in [7, 11) is 0. The Kier molecular flexibility index (Phi) is 12.2. The molecule has 2 aromatic rings. The second kappa shape index (κ2) is 13.3. The lowest BCUT2D eigenvalue weighted by atomic mass is 10.0. The van der Waals surface area contributed by atoms with Gasteiger partial charge in [-0.1, -0.05) is 201 Å². The van der Waals surface area contributed by atoms with Gasteiger partial charge in [-0.2, -0.15) is 0 Å². The second-order valence-corrected chi connectivity index (χ2v) is 18.7. The van der Waals surface area contributed by atoms with Crippen molar-refractivity contribution in [2.75, 3.05) is 0 Å². The van der Waals surface area contributed by atoms with E-state index in [0.29, 0.717) is 0 Å². The van der Waals surface area contributed by atoms with Crippen LogP contribution in [0.3, 0.4) is 0 Å². The van der Waals surface area contributed by atoms with E-state index < -0.39 is 0 Å². The molecule has 0 N–H and O–H groups in total. The van der Waals surface area contributed by atoms with Crippen LogP contribution in [0.4, 0.5) is 0 Å². The fraction of sp³-hybridized carbons (Fsp3) is 0.500. The van der Waals surface area contributed by atoms with Crippen LogP contribution in [-0.4, -0.2) is 9.70 Å². The monoisotopic (exact) mass is 790 g/mol. The number of benzene rings is 2. The Balaban J connectivity index is 0.000000230. The van der Waals surface area contributed by atoms with Gasteiger partial charge < -0.3 is 0 Å². The van der Waals surface area contributed by atoms with Crippen molar-refractivity contribution in [3.05, 3.63) is 60.7 Å². The summed E-state index contributed by atoms with van der Waals surface area (Å²) in [6.45, 7) is 0. The van der Waals surface area contributed by atoms with Crippen LogP contribution in [0, 0.1) is 0 Å². The maximum absolute atomic E-state index is 3.85. The van der Waals surface area contributed by atoms with Crippen molar-refractivity contribution in [3.63, 3.8) is 0 Å². The number of alkyl halides is 6. The molecular formula is C24H28Br6. The smallest absolute Gasteiger partial charge is 0.0701 e. The van der Waals surface area contributed by atoms with Crippen LogP contribution in [0.1, 0.15) is 57.8 Å². The van der Waals surface area contributed by atoms with Crippen LogP contribution in [0.5, 0.6) is 0 Å². The van der Waals surface area contributed by atoms with Crippen molar-refractivity contribution in [2.24, 2.45) is 0 Å². The fourth-order valence-electron chi connectivity index (χ4n) is 3.42. The largest absolute Gasteiger partial charge is 0.130 e. The highest BCUT2D eigenvalue weighted by atomic mass is 79.9. The molecular weight excluding hydrogens is 768 g/mol. The van der Waals surface area contributed by atoms with Crippen molar-refractivity contribution >= 4 is 95.6 Å². The molecule has 1 saturated carbocycles. The van der Waals surface area contributed by atoms with Gasteiger partial charge in [0.1, 0.15) is 9.70 Å². The van der Waals surface area contributed by atoms with Crippen molar-refractivity contribution in [1.29, 1.82) is 0 Å². The molecule has 0 nitrogen and oxygen atoms in total. The molecule has 0 saturated heterocycles. The SMILES string of the molecule is BrC1(Br)CCCCCCCCCC(Br)(Br)C1(Br)Br.c1ccc(-c2ccccc2)cc1. The molecule has 0 radical (unpaired) electrons. The van der Waals surface area contributed by atoms with Crippen molar-refractivity contribution in [1.82, 2.24) is 0 Å². The van der Waals surface area contributed by atoms with Crippen LogP contribution in [0.15, 0.2) is 60.7 Å². The first-order chi connectivity index (χ1) is 14.2. The van der Waals surface area contributed by atoms with Crippen LogP contribution < -0.4 is 0 Å². The lowest BCUT2D eigenvalue weighted by molar-refractivity contribution is 0.502. The summed E-state index contributed by atoms with van der Waals surface area (Å²) in [5, 5.41) is 0. The predicted octanol–water partition coefficient (Wildman–Crippen LogP) is 11.3. The standard InChI is InChI=1S/C12H18Br6.C12H10/c13-10(14)8-6-4-2-1-3-5-7-9-11(15,16)12(10,17)18;1-3-7-11(8-4-1)12-9-5-2-6-10-12/h1-9H2;1-10H. The third-order valence-electron chi connectivity index (χ3n) is 5.28. The Morgan fingerprint density at radius 3 is 1.07 bits per heavy atom. The van der Waals surface area contributed by atoms with Gasteiger partial charge in [-0.05, 0) is 24.0 Å². The molecule has 166 valence electrons. The Hall–Kier alpha value is 1.32. The Bertz CT molecular complexity index is 666. The fourth-order valence-corrected chi connectivity index (χ4v) is 7.75. The van der Waals surface area contributed by atoms with E-state index >= 15 is 0 Å². The van der Waals surface area contributed by atoms with E-state index in [1.165, 1.54) is 56.1 Å². The third-order valence-corrected chi connectivity index (χ3v) is 16.2. The van der Waals surface area contributed by atoms with E-state index in [2.05, 4.69) is 144 Å². The van der Waals surface area contributed by atoms with E-state index in [0.717, 1.165) is 12.8 Å². The van der Waals surface area contributed by atoms with Crippen molar-refractivity contribution in [3.8, 4) is 11.1 Å². The van der Waals surface area contributed by atoms with Gasteiger partial charge in [-0.25, -0.2) is 0 Å². The van der Waals surface area contributed by atoms with E-state index in [4.69, 9.17) is 0 Å². The highest BCUT2D eigenvalue weighted by molar-refractivity contribution is 9.33. The molecule has 1 fully saturated rings. The van der Waals surface area contributed by atoms with Gasteiger partial charge in [0, 0.05) is 0 Å². The van der Waals surface area contributed by atoms with Crippen LogP contribution in [0.2, 0.25) is 0 Å². The van der Waals surface area contributed by atoms with E-state index in [9.17, 15) is 0 Å². The Morgan fingerprint density at radius 1 is 0.433 bits per heavy atom. The molecule has 1 aliphatic carbocycles.